The molecule has 1 unspecified atom stereocenters. The Labute approximate surface area is 178 Å². The Kier molecular flexibility index (Phi) is 5.29. The minimum atomic E-state index is -0.595. The number of methoxy groups -OCH3 is 1. The van der Waals surface area contributed by atoms with Crippen molar-refractivity contribution in [2.75, 3.05) is 7.11 Å². The number of nitrogens with one attached hydrogen (secondary N) is 1. The number of ketones is 1. The molecule has 4 rings (SSSR count). The van der Waals surface area contributed by atoms with Crippen molar-refractivity contribution in [3.05, 3.63) is 74.9 Å². The van der Waals surface area contributed by atoms with Gasteiger partial charge >= 0.3 is 0 Å². The number of carbonyl (C=O) groups excluding carboxylic acids is 2. The lowest BCUT2D eigenvalue weighted by Gasteiger charge is -2.39. The van der Waals surface area contributed by atoms with Crippen LogP contribution < -0.4 is 15.9 Å². The van der Waals surface area contributed by atoms with Crippen LogP contribution in [-0.4, -0.2) is 23.8 Å². The lowest BCUT2D eigenvalue weighted by atomic mass is 9.76. The van der Waals surface area contributed by atoms with E-state index in [1.165, 1.54) is 16.3 Å². The van der Waals surface area contributed by atoms with Crippen molar-refractivity contribution in [3.63, 3.8) is 0 Å². The van der Waals surface area contributed by atoms with Gasteiger partial charge < -0.3 is 10.5 Å². The first-order chi connectivity index (χ1) is 14.5. The van der Waals surface area contributed by atoms with Gasteiger partial charge in [-0.3, -0.25) is 15.0 Å². The molecule has 1 aromatic carbocycles. The molecule has 0 saturated carbocycles. The second-order valence-corrected chi connectivity index (χ2v) is 7.96. The fourth-order valence-corrected chi connectivity index (χ4v) is 4.55. The number of thiophene rings is 1. The van der Waals surface area contributed by atoms with Gasteiger partial charge in [0.1, 0.15) is 11.6 Å². The van der Waals surface area contributed by atoms with Crippen LogP contribution in [0, 0.1) is 11.3 Å². The fourth-order valence-electron chi connectivity index (χ4n) is 3.93. The molecule has 1 atom stereocenters. The van der Waals surface area contributed by atoms with Crippen LogP contribution in [-0.2, 0) is 4.79 Å². The summed E-state index contributed by atoms with van der Waals surface area (Å²) < 4.78 is 5.32. The number of benzene rings is 1. The van der Waals surface area contributed by atoms with E-state index in [1.54, 1.807) is 30.7 Å². The summed E-state index contributed by atoms with van der Waals surface area (Å²) in [6.07, 6.45) is 1.62. The van der Waals surface area contributed by atoms with Crippen molar-refractivity contribution in [1.82, 2.24) is 10.4 Å². The van der Waals surface area contributed by atoms with E-state index in [-0.39, 0.29) is 23.1 Å². The highest BCUT2D eigenvalue weighted by atomic mass is 32.1. The van der Waals surface area contributed by atoms with Crippen LogP contribution in [0.4, 0.5) is 0 Å². The average Bonchev–Trinajstić information content (AvgIpc) is 3.30. The Hall–Kier alpha value is -3.57. The molecule has 1 aromatic heterocycles. The highest BCUT2D eigenvalue weighted by Crippen LogP contribution is 2.44. The molecule has 1 amide bonds. The van der Waals surface area contributed by atoms with E-state index in [2.05, 4.69) is 11.5 Å². The minimum absolute atomic E-state index is 0.0420. The highest BCUT2D eigenvalue weighted by molar-refractivity contribution is 7.12. The molecular weight excluding hydrogens is 400 g/mol. The summed E-state index contributed by atoms with van der Waals surface area (Å²) in [6.45, 7) is 0. The van der Waals surface area contributed by atoms with Gasteiger partial charge in [0.15, 0.2) is 5.78 Å². The number of hydrogen-bond acceptors (Lipinski definition) is 7. The first-order valence-corrected chi connectivity index (χ1v) is 10.4. The van der Waals surface area contributed by atoms with Crippen LogP contribution in [0.2, 0.25) is 0 Å². The van der Waals surface area contributed by atoms with Crippen LogP contribution in [0.25, 0.3) is 0 Å². The maximum atomic E-state index is 13.0. The van der Waals surface area contributed by atoms with Gasteiger partial charge in [0.2, 0.25) is 0 Å². The molecule has 0 bridgehead atoms. The molecule has 1 aliphatic heterocycles. The van der Waals surface area contributed by atoms with Crippen LogP contribution in [0.5, 0.6) is 5.75 Å². The summed E-state index contributed by atoms with van der Waals surface area (Å²) in [5.74, 6) is -0.219. The zero-order valence-corrected chi connectivity index (χ0v) is 17.2. The summed E-state index contributed by atoms with van der Waals surface area (Å²) >= 11 is 1.30. The monoisotopic (exact) mass is 420 g/mol. The Morgan fingerprint density at radius 1 is 1.33 bits per heavy atom. The molecule has 3 N–H and O–H groups in total. The third-order valence-corrected chi connectivity index (χ3v) is 6.17. The molecule has 152 valence electrons. The molecule has 0 saturated heterocycles. The van der Waals surface area contributed by atoms with Crippen molar-refractivity contribution >= 4 is 23.0 Å². The molecule has 8 heteroatoms. The van der Waals surface area contributed by atoms with Crippen molar-refractivity contribution in [2.24, 2.45) is 5.73 Å². The molecule has 7 nitrogen and oxygen atoms in total. The second kappa shape index (κ2) is 8.05. The molecule has 2 aromatic rings. The molecule has 0 radical (unpaired) electrons. The standard InChI is InChI=1S/C22H20N4O3S/c1-29-14-6-2-5-13(11-14)19-15(12-23)21(24)26(16-7-3-8-17(27)20(16)19)25-22(28)18-9-4-10-30-18/h2,4-6,9-11,19H,3,7-8,24H2,1H3,(H,25,28). The van der Waals surface area contributed by atoms with Gasteiger partial charge in [-0.2, -0.15) is 5.26 Å². The molecule has 0 fully saturated rings. The van der Waals surface area contributed by atoms with Gasteiger partial charge in [-0.25, -0.2) is 5.01 Å². The quantitative estimate of drug-likeness (QED) is 0.786. The maximum absolute atomic E-state index is 13.0. The van der Waals surface area contributed by atoms with Gasteiger partial charge in [0.05, 0.1) is 29.5 Å². The third-order valence-electron chi connectivity index (χ3n) is 5.30. The molecule has 1 aliphatic carbocycles. The minimum Gasteiger partial charge on any atom is -0.497 e. The van der Waals surface area contributed by atoms with Crippen LogP contribution >= 0.6 is 11.3 Å². The van der Waals surface area contributed by atoms with E-state index in [4.69, 9.17) is 10.5 Å². The summed E-state index contributed by atoms with van der Waals surface area (Å²) in [7, 11) is 1.56. The number of rotatable bonds is 4. The van der Waals surface area contributed by atoms with Gasteiger partial charge in [0, 0.05) is 17.7 Å². The summed E-state index contributed by atoms with van der Waals surface area (Å²) in [5, 5.41) is 13.2. The van der Waals surface area contributed by atoms with Gasteiger partial charge in [-0.15, -0.1) is 11.3 Å². The topological polar surface area (TPSA) is 108 Å². The van der Waals surface area contributed by atoms with Crippen LogP contribution in [0.15, 0.2) is 64.4 Å². The number of nitriles is 1. The smallest absolute Gasteiger partial charge is 0.280 e. The van der Waals surface area contributed by atoms with Crippen LogP contribution in [0.3, 0.4) is 0 Å². The predicted octanol–water partition coefficient (Wildman–Crippen LogP) is 3.20. The van der Waals surface area contributed by atoms with E-state index >= 15 is 0 Å². The number of allylic oxidation sites excluding steroid dienone is 3. The number of hydrazine groups is 1. The Morgan fingerprint density at radius 2 is 2.17 bits per heavy atom. The number of ether oxygens (including phenoxy) is 1. The summed E-state index contributed by atoms with van der Waals surface area (Å²) in [6, 6.07) is 12.9. The van der Waals surface area contributed by atoms with E-state index in [1.807, 2.05) is 18.2 Å². The van der Waals surface area contributed by atoms with Crippen molar-refractivity contribution < 1.29 is 14.3 Å². The first-order valence-electron chi connectivity index (χ1n) is 9.49. The Morgan fingerprint density at radius 3 is 2.87 bits per heavy atom. The van der Waals surface area contributed by atoms with Crippen molar-refractivity contribution in [1.29, 1.82) is 5.26 Å². The zero-order chi connectivity index (χ0) is 21.3. The number of nitrogens with zero attached hydrogens (tertiary/aromatic N) is 2. The number of nitrogens with two attached hydrogens (primary N) is 1. The van der Waals surface area contributed by atoms with E-state index in [0.717, 1.165) is 5.56 Å². The van der Waals surface area contributed by atoms with E-state index < -0.39 is 5.92 Å². The zero-order valence-electron chi connectivity index (χ0n) is 16.3. The van der Waals surface area contributed by atoms with Gasteiger partial charge in [0.25, 0.3) is 5.91 Å². The lowest BCUT2D eigenvalue weighted by molar-refractivity contribution is -0.116. The summed E-state index contributed by atoms with van der Waals surface area (Å²) in [5.41, 5.74) is 11.3. The van der Waals surface area contributed by atoms with Gasteiger partial charge in [-0.1, -0.05) is 18.2 Å². The van der Waals surface area contributed by atoms with Crippen molar-refractivity contribution in [3.8, 4) is 11.8 Å². The fraction of sp³-hybridized carbons (Fsp3) is 0.227. The Bertz CT molecular complexity index is 1110. The maximum Gasteiger partial charge on any atom is 0.280 e. The van der Waals surface area contributed by atoms with Crippen LogP contribution in [0.1, 0.15) is 40.4 Å². The van der Waals surface area contributed by atoms with E-state index in [0.29, 0.717) is 41.2 Å². The largest absolute Gasteiger partial charge is 0.497 e. The molecule has 2 heterocycles. The highest BCUT2D eigenvalue weighted by Gasteiger charge is 2.40. The van der Waals surface area contributed by atoms with Crippen molar-refractivity contribution in [2.45, 2.75) is 25.2 Å². The van der Waals surface area contributed by atoms with E-state index in [9.17, 15) is 14.9 Å². The molecule has 0 spiro atoms. The average molecular weight is 420 g/mol. The lowest BCUT2D eigenvalue weighted by Crippen LogP contribution is -2.48. The number of amides is 1. The first kappa shape index (κ1) is 19.7. The Balaban J connectivity index is 1.84. The normalized spacial score (nSPS) is 18.7. The third kappa shape index (κ3) is 3.33. The predicted molar refractivity (Wildman–Crippen MR) is 112 cm³/mol. The van der Waals surface area contributed by atoms with Gasteiger partial charge in [-0.05, 0) is 42.0 Å². The molecule has 30 heavy (non-hydrogen) atoms. The SMILES string of the molecule is COc1cccc(C2C(C#N)=C(N)N(NC(=O)c3cccs3)C3=C2C(=O)CCC3)c1. The number of carbonyl (C=O) groups is 2. The number of hydrogen-bond donors (Lipinski definition) is 2. The molecular formula is C22H20N4O3S. The second-order valence-electron chi connectivity index (χ2n) is 7.01. The number of Topliss-reactive ketones (excluding diaryl/α,β-unsaturated/α-hetero) is 1. The summed E-state index contributed by atoms with van der Waals surface area (Å²) in [4.78, 5) is 26.2. The molecule has 2 aliphatic rings.